The normalized spacial score (nSPS) is 10.5. The van der Waals surface area contributed by atoms with Gasteiger partial charge in [0.15, 0.2) is 0 Å². The maximum absolute atomic E-state index is 13.2. The van der Waals surface area contributed by atoms with Crippen molar-refractivity contribution in [1.29, 1.82) is 0 Å². The van der Waals surface area contributed by atoms with Crippen molar-refractivity contribution in [1.82, 2.24) is 0 Å². The van der Waals surface area contributed by atoms with Crippen molar-refractivity contribution in [2.45, 2.75) is 13.5 Å². The smallest absolute Gasteiger partial charge is 0.125 e. The highest BCUT2D eigenvalue weighted by atomic mass is 79.9. The lowest BCUT2D eigenvalue weighted by Gasteiger charge is -2.22. The molecule has 0 atom stereocenters. The minimum atomic E-state index is -0.189. The molecule has 2 rings (SSSR count). The Balaban J connectivity index is 2.20. The molecule has 0 aliphatic rings. The average Bonchev–Trinajstić information content (AvgIpc) is 2.71. The Hall–Kier alpha value is -0.870. The zero-order valence-corrected chi connectivity index (χ0v) is 11.9. The van der Waals surface area contributed by atoms with E-state index in [0.717, 1.165) is 23.2 Å². The summed E-state index contributed by atoms with van der Waals surface area (Å²) in [6.45, 7) is 3.73. The molecule has 0 N–H and O–H groups in total. The van der Waals surface area contributed by atoms with Crippen LogP contribution in [0.3, 0.4) is 0 Å². The summed E-state index contributed by atoms with van der Waals surface area (Å²) in [5.74, 6) is -0.189. The van der Waals surface area contributed by atoms with Gasteiger partial charge in [-0.3, -0.25) is 0 Å². The third-order valence-corrected chi connectivity index (χ3v) is 4.49. The topological polar surface area (TPSA) is 3.24 Å². The maximum Gasteiger partial charge on any atom is 0.125 e. The van der Waals surface area contributed by atoms with Crippen LogP contribution >= 0.6 is 27.3 Å². The number of anilines is 1. The Bertz CT molecular complexity index is 498. The van der Waals surface area contributed by atoms with E-state index in [1.807, 2.05) is 12.1 Å². The second kappa shape index (κ2) is 5.65. The number of hydrogen-bond acceptors (Lipinski definition) is 2. The van der Waals surface area contributed by atoms with E-state index >= 15 is 0 Å². The first-order chi connectivity index (χ1) is 8.20. The van der Waals surface area contributed by atoms with Gasteiger partial charge in [-0.05, 0) is 52.5 Å². The molecule has 0 unspecified atom stereocenters. The molecule has 1 nitrogen and oxygen atoms in total. The quantitative estimate of drug-likeness (QED) is 0.792. The van der Waals surface area contributed by atoms with Crippen LogP contribution in [-0.4, -0.2) is 6.54 Å². The van der Waals surface area contributed by atoms with E-state index in [-0.39, 0.29) is 5.82 Å². The molecule has 0 aliphatic carbocycles. The van der Waals surface area contributed by atoms with Gasteiger partial charge in [-0.2, -0.15) is 0 Å². The molecule has 0 fully saturated rings. The van der Waals surface area contributed by atoms with Crippen LogP contribution in [0.5, 0.6) is 0 Å². The lowest BCUT2D eigenvalue weighted by atomic mass is 10.2. The summed E-state index contributed by atoms with van der Waals surface area (Å²) < 4.78 is 14.3. The Morgan fingerprint density at radius 3 is 2.76 bits per heavy atom. The standard InChI is InChI=1S/C13H13BrFNS/c1-2-16(9-13-12(14)6-7-17-13)11-5-3-4-10(15)8-11/h3-8H,2,9H2,1H3. The van der Waals surface area contributed by atoms with Gasteiger partial charge >= 0.3 is 0 Å². The maximum atomic E-state index is 13.2. The van der Waals surface area contributed by atoms with Crippen LogP contribution in [-0.2, 0) is 6.54 Å². The average molecular weight is 314 g/mol. The second-order valence-electron chi connectivity index (χ2n) is 3.69. The van der Waals surface area contributed by atoms with E-state index in [1.165, 1.54) is 10.9 Å². The molecule has 0 saturated heterocycles. The zero-order chi connectivity index (χ0) is 12.3. The molecule has 1 aromatic heterocycles. The molecule has 2 aromatic rings. The fraction of sp³-hybridized carbons (Fsp3) is 0.231. The molecule has 0 spiro atoms. The molecule has 90 valence electrons. The third kappa shape index (κ3) is 3.07. The summed E-state index contributed by atoms with van der Waals surface area (Å²) in [7, 11) is 0. The number of thiophene rings is 1. The SMILES string of the molecule is CCN(Cc1sccc1Br)c1cccc(F)c1. The van der Waals surface area contributed by atoms with Crippen molar-refractivity contribution in [2.24, 2.45) is 0 Å². The zero-order valence-electron chi connectivity index (χ0n) is 9.49. The number of halogens is 2. The Kier molecular flexibility index (Phi) is 4.18. The number of benzene rings is 1. The molecule has 0 aliphatic heterocycles. The third-order valence-electron chi connectivity index (χ3n) is 2.58. The van der Waals surface area contributed by atoms with E-state index in [9.17, 15) is 4.39 Å². The first-order valence-corrected chi connectivity index (χ1v) is 7.10. The highest BCUT2D eigenvalue weighted by Crippen LogP contribution is 2.26. The number of nitrogens with zero attached hydrogens (tertiary/aromatic N) is 1. The van der Waals surface area contributed by atoms with Gasteiger partial charge in [-0.25, -0.2) is 4.39 Å². The number of hydrogen-bond donors (Lipinski definition) is 0. The van der Waals surface area contributed by atoms with Crippen LogP contribution < -0.4 is 4.90 Å². The molecular formula is C13H13BrFNS. The van der Waals surface area contributed by atoms with Crippen molar-refractivity contribution >= 4 is 33.0 Å². The molecule has 0 amide bonds. The molecule has 0 radical (unpaired) electrons. The van der Waals surface area contributed by atoms with Crippen LogP contribution in [0.1, 0.15) is 11.8 Å². The summed E-state index contributed by atoms with van der Waals surface area (Å²) in [5.41, 5.74) is 0.924. The summed E-state index contributed by atoms with van der Waals surface area (Å²) in [4.78, 5) is 3.41. The van der Waals surface area contributed by atoms with Gasteiger partial charge < -0.3 is 4.90 Å². The van der Waals surface area contributed by atoms with Gasteiger partial charge in [0.05, 0.1) is 6.54 Å². The van der Waals surface area contributed by atoms with Crippen molar-refractivity contribution < 1.29 is 4.39 Å². The van der Waals surface area contributed by atoms with Crippen LogP contribution in [0.4, 0.5) is 10.1 Å². The van der Waals surface area contributed by atoms with E-state index in [1.54, 1.807) is 23.5 Å². The van der Waals surface area contributed by atoms with Crippen molar-refractivity contribution in [3.05, 3.63) is 50.9 Å². The lowest BCUT2D eigenvalue weighted by molar-refractivity contribution is 0.626. The van der Waals surface area contributed by atoms with Crippen LogP contribution in [0, 0.1) is 5.82 Å². The molecule has 4 heteroatoms. The molecule has 1 heterocycles. The Morgan fingerprint density at radius 2 is 2.18 bits per heavy atom. The van der Waals surface area contributed by atoms with Crippen LogP contribution in [0.2, 0.25) is 0 Å². The first-order valence-electron chi connectivity index (χ1n) is 5.43. The van der Waals surface area contributed by atoms with Gasteiger partial charge in [0.25, 0.3) is 0 Å². The highest BCUT2D eigenvalue weighted by molar-refractivity contribution is 9.10. The molecule has 17 heavy (non-hydrogen) atoms. The summed E-state index contributed by atoms with van der Waals surface area (Å²) >= 11 is 5.23. The second-order valence-corrected chi connectivity index (χ2v) is 5.54. The summed E-state index contributed by atoms with van der Waals surface area (Å²) in [6, 6.07) is 8.77. The Labute approximate surface area is 113 Å². The van der Waals surface area contributed by atoms with Crippen LogP contribution in [0.15, 0.2) is 40.2 Å². The van der Waals surface area contributed by atoms with E-state index in [4.69, 9.17) is 0 Å². The minimum absolute atomic E-state index is 0.189. The predicted molar refractivity (Wildman–Crippen MR) is 75.1 cm³/mol. The van der Waals surface area contributed by atoms with Crippen molar-refractivity contribution in [2.75, 3.05) is 11.4 Å². The van der Waals surface area contributed by atoms with E-state index in [0.29, 0.717) is 0 Å². The minimum Gasteiger partial charge on any atom is -0.367 e. The van der Waals surface area contributed by atoms with Gasteiger partial charge in [0.1, 0.15) is 5.82 Å². The van der Waals surface area contributed by atoms with Gasteiger partial charge in [0.2, 0.25) is 0 Å². The largest absolute Gasteiger partial charge is 0.367 e. The fourth-order valence-corrected chi connectivity index (χ4v) is 3.16. The lowest BCUT2D eigenvalue weighted by Crippen LogP contribution is -2.21. The predicted octanol–water partition coefficient (Wildman–Crippen LogP) is 4.68. The number of rotatable bonds is 4. The van der Waals surface area contributed by atoms with Gasteiger partial charge in [-0.15, -0.1) is 11.3 Å². The first kappa shape index (κ1) is 12.6. The van der Waals surface area contributed by atoms with E-state index < -0.39 is 0 Å². The van der Waals surface area contributed by atoms with Gasteiger partial charge in [-0.1, -0.05) is 6.07 Å². The molecular weight excluding hydrogens is 301 g/mol. The van der Waals surface area contributed by atoms with Crippen LogP contribution in [0.25, 0.3) is 0 Å². The van der Waals surface area contributed by atoms with Crippen molar-refractivity contribution in [3.8, 4) is 0 Å². The van der Waals surface area contributed by atoms with E-state index in [2.05, 4.69) is 33.1 Å². The summed E-state index contributed by atoms with van der Waals surface area (Å²) in [5, 5.41) is 2.05. The van der Waals surface area contributed by atoms with Crippen molar-refractivity contribution in [3.63, 3.8) is 0 Å². The van der Waals surface area contributed by atoms with Gasteiger partial charge in [0, 0.05) is 21.6 Å². The summed E-state index contributed by atoms with van der Waals surface area (Å²) in [6.07, 6.45) is 0. The highest BCUT2D eigenvalue weighted by Gasteiger charge is 2.09. The molecule has 0 saturated carbocycles. The Morgan fingerprint density at radius 1 is 1.35 bits per heavy atom. The monoisotopic (exact) mass is 313 g/mol. The molecule has 1 aromatic carbocycles. The fourth-order valence-electron chi connectivity index (χ4n) is 1.67. The molecule has 0 bridgehead atoms.